The van der Waals surface area contributed by atoms with Crippen LogP contribution in [0.1, 0.15) is 58.3 Å². The summed E-state index contributed by atoms with van der Waals surface area (Å²) < 4.78 is 0. The van der Waals surface area contributed by atoms with Crippen LogP contribution in [0.4, 0.5) is 0 Å². The van der Waals surface area contributed by atoms with Gasteiger partial charge in [-0.25, -0.2) is 9.97 Å². The minimum Gasteiger partial charge on any atom is -0.380 e. The summed E-state index contributed by atoms with van der Waals surface area (Å²) in [5.41, 5.74) is 8.80. The third-order valence-corrected chi connectivity index (χ3v) is 8.80. The van der Waals surface area contributed by atoms with E-state index in [9.17, 15) is 0 Å². The Morgan fingerprint density at radius 2 is 1.73 bits per heavy atom. The summed E-state index contributed by atoms with van der Waals surface area (Å²) in [6.45, 7) is 16.5. The molecule has 6 heteroatoms. The highest BCUT2D eigenvalue weighted by molar-refractivity contribution is 5.91. The maximum absolute atomic E-state index is 4.88. The molecule has 0 amide bonds. The number of allylic oxidation sites excluding steroid dienone is 1. The van der Waals surface area contributed by atoms with E-state index < -0.39 is 0 Å². The Morgan fingerprint density at radius 1 is 1.00 bits per heavy atom. The first-order valence-electron chi connectivity index (χ1n) is 14.9. The lowest BCUT2D eigenvalue weighted by Crippen LogP contribution is -2.42. The molecule has 6 rings (SSSR count). The fraction of sp³-hybridized carbons (Fsp3) is 0.314. The second-order valence-corrected chi connectivity index (χ2v) is 11.4. The van der Waals surface area contributed by atoms with Crippen molar-refractivity contribution in [3.05, 3.63) is 97.5 Å². The van der Waals surface area contributed by atoms with Gasteiger partial charge >= 0.3 is 0 Å². The van der Waals surface area contributed by atoms with Gasteiger partial charge in [0, 0.05) is 23.5 Å². The fourth-order valence-electron chi connectivity index (χ4n) is 6.05. The van der Waals surface area contributed by atoms with Crippen LogP contribution in [0.2, 0.25) is 0 Å². The molecule has 0 bridgehead atoms. The Labute approximate surface area is 242 Å². The van der Waals surface area contributed by atoms with Crippen LogP contribution in [0.3, 0.4) is 0 Å². The summed E-state index contributed by atoms with van der Waals surface area (Å²) in [6, 6.07) is 20.0. The lowest BCUT2D eigenvalue weighted by Gasteiger charge is -2.36. The smallest absolute Gasteiger partial charge is 0.129 e. The molecule has 0 spiro atoms. The van der Waals surface area contributed by atoms with E-state index in [1.54, 1.807) is 6.33 Å². The number of imidazole rings is 2. The lowest BCUT2D eigenvalue weighted by molar-refractivity contribution is 0.263. The van der Waals surface area contributed by atoms with E-state index in [2.05, 4.69) is 114 Å². The summed E-state index contributed by atoms with van der Waals surface area (Å²) in [5, 5.41) is 6.09. The van der Waals surface area contributed by atoms with Crippen LogP contribution in [-0.4, -0.2) is 37.4 Å². The average Bonchev–Trinajstić information content (AvgIpc) is 3.78. The number of benzene rings is 3. The topological polar surface area (TPSA) is 72.6 Å². The number of fused-ring (bicyclic) bond motifs is 2. The highest BCUT2D eigenvalue weighted by atomic mass is 15.2. The van der Waals surface area contributed by atoms with Gasteiger partial charge in [-0.05, 0) is 71.3 Å². The number of aromatic nitrogens is 4. The fourth-order valence-corrected chi connectivity index (χ4v) is 6.05. The predicted molar refractivity (Wildman–Crippen MR) is 170 cm³/mol. The molecular formula is C35H40N6. The Kier molecular flexibility index (Phi) is 7.39. The van der Waals surface area contributed by atoms with Gasteiger partial charge in [0.05, 0.1) is 41.3 Å². The number of nitrogens with zero attached hydrogens (tertiary/aromatic N) is 3. The summed E-state index contributed by atoms with van der Waals surface area (Å²) in [5.74, 6) is 1.48. The molecule has 0 radical (unpaired) electrons. The van der Waals surface area contributed by atoms with E-state index >= 15 is 0 Å². The monoisotopic (exact) mass is 544 g/mol. The van der Waals surface area contributed by atoms with Crippen molar-refractivity contribution in [2.24, 2.45) is 5.92 Å². The molecule has 5 aromatic rings. The quantitative estimate of drug-likeness (QED) is 0.165. The maximum atomic E-state index is 4.88. The second-order valence-electron chi connectivity index (χ2n) is 11.4. The van der Waals surface area contributed by atoms with E-state index in [-0.39, 0.29) is 12.1 Å². The standard InChI is InChI=1S/C35H40N6/c1-6-22(3)34(39-23(4)7-2)24(5)41-16-8-9-33(41)35-36-20-32(40-35)29-13-12-25-17-26(10-11-27(25)18-29)28-14-15-30-31(19-28)38-21-37-30/h10-15,17-22,33-34,39H,4-9,16H2,1-3H3,(H,36,40)(H,37,38)/t22-,33-,34-/m0/s1. The largest absolute Gasteiger partial charge is 0.380 e. The summed E-state index contributed by atoms with van der Waals surface area (Å²) >= 11 is 0. The number of nitrogens with one attached hydrogen (secondary N) is 3. The zero-order valence-corrected chi connectivity index (χ0v) is 24.4. The zero-order chi connectivity index (χ0) is 28.5. The summed E-state index contributed by atoms with van der Waals surface area (Å²) in [4.78, 5) is 18.5. The Bertz CT molecular complexity index is 1710. The molecule has 6 nitrogen and oxygen atoms in total. The van der Waals surface area contributed by atoms with E-state index in [0.717, 1.165) is 71.7 Å². The minimum atomic E-state index is 0.175. The lowest BCUT2D eigenvalue weighted by atomic mass is 9.95. The van der Waals surface area contributed by atoms with E-state index in [0.29, 0.717) is 5.92 Å². The third-order valence-electron chi connectivity index (χ3n) is 8.80. The van der Waals surface area contributed by atoms with Crippen LogP contribution in [0.25, 0.3) is 44.2 Å². The summed E-state index contributed by atoms with van der Waals surface area (Å²) in [7, 11) is 0. The number of rotatable bonds is 10. The van der Waals surface area contributed by atoms with Crippen molar-refractivity contribution in [3.8, 4) is 22.4 Å². The van der Waals surface area contributed by atoms with E-state index in [1.807, 2.05) is 6.20 Å². The number of hydrogen-bond donors (Lipinski definition) is 3. The van der Waals surface area contributed by atoms with Gasteiger partial charge in [0.15, 0.2) is 0 Å². The predicted octanol–water partition coefficient (Wildman–Crippen LogP) is 8.35. The first-order valence-corrected chi connectivity index (χ1v) is 14.9. The average molecular weight is 545 g/mol. The Balaban J connectivity index is 1.23. The van der Waals surface area contributed by atoms with Crippen LogP contribution in [-0.2, 0) is 0 Å². The Morgan fingerprint density at radius 3 is 2.51 bits per heavy atom. The molecule has 2 aromatic heterocycles. The van der Waals surface area contributed by atoms with Gasteiger partial charge < -0.3 is 20.2 Å². The molecule has 3 N–H and O–H groups in total. The van der Waals surface area contributed by atoms with E-state index in [1.165, 1.54) is 21.9 Å². The normalized spacial score (nSPS) is 16.8. The number of aromatic amines is 2. The molecule has 0 aliphatic carbocycles. The molecule has 3 aromatic carbocycles. The molecule has 3 heterocycles. The molecule has 3 atom stereocenters. The SMILES string of the molecule is C=C(CC)N[C@H](C(=C)N1CCC[C@H]1c1ncc(-c2ccc3cc(-c4ccc5nc[nH]c5c4)ccc3c2)[nH]1)[C@@H](C)CC. The highest BCUT2D eigenvalue weighted by Gasteiger charge is 2.33. The van der Waals surface area contributed by atoms with Crippen LogP contribution >= 0.6 is 0 Å². The molecule has 1 fully saturated rings. The summed E-state index contributed by atoms with van der Waals surface area (Å²) in [6.07, 6.45) is 7.92. The van der Waals surface area contributed by atoms with Gasteiger partial charge in [-0.2, -0.15) is 0 Å². The zero-order valence-electron chi connectivity index (χ0n) is 24.4. The van der Waals surface area contributed by atoms with Gasteiger partial charge in [0.2, 0.25) is 0 Å². The van der Waals surface area contributed by atoms with Crippen LogP contribution < -0.4 is 5.32 Å². The number of hydrogen-bond acceptors (Lipinski definition) is 4. The molecule has 1 saturated heterocycles. The maximum Gasteiger partial charge on any atom is 0.129 e. The number of likely N-dealkylation sites (tertiary alicyclic amines) is 1. The molecule has 210 valence electrons. The first kappa shape index (κ1) is 26.9. The second kappa shape index (κ2) is 11.3. The highest BCUT2D eigenvalue weighted by Crippen LogP contribution is 2.37. The van der Waals surface area contributed by atoms with Gasteiger partial charge in [-0.3, -0.25) is 0 Å². The van der Waals surface area contributed by atoms with Gasteiger partial charge in [-0.1, -0.05) is 70.7 Å². The van der Waals surface area contributed by atoms with Crippen molar-refractivity contribution in [2.75, 3.05) is 6.54 Å². The molecule has 41 heavy (non-hydrogen) atoms. The molecule has 0 saturated carbocycles. The van der Waals surface area contributed by atoms with Crippen molar-refractivity contribution in [1.29, 1.82) is 0 Å². The molecule has 0 unspecified atom stereocenters. The molecule has 1 aliphatic rings. The molecule has 1 aliphatic heterocycles. The van der Waals surface area contributed by atoms with Crippen LogP contribution in [0, 0.1) is 5.92 Å². The Hall–Kier alpha value is -4.32. The van der Waals surface area contributed by atoms with Gasteiger partial charge in [0.1, 0.15) is 5.82 Å². The van der Waals surface area contributed by atoms with Gasteiger partial charge in [0.25, 0.3) is 0 Å². The molecular weight excluding hydrogens is 504 g/mol. The first-order chi connectivity index (χ1) is 19.9. The van der Waals surface area contributed by atoms with Crippen molar-refractivity contribution < 1.29 is 0 Å². The van der Waals surface area contributed by atoms with Crippen molar-refractivity contribution in [3.63, 3.8) is 0 Å². The van der Waals surface area contributed by atoms with Crippen molar-refractivity contribution in [1.82, 2.24) is 30.2 Å². The van der Waals surface area contributed by atoms with Crippen molar-refractivity contribution in [2.45, 2.75) is 58.5 Å². The van der Waals surface area contributed by atoms with Crippen LogP contribution in [0.15, 0.2) is 91.7 Å². The van der Waals surface area contributed by atoms with E-state index in [4.69, 9.17) is 4.98 Å². The minimum absolute atomic E-state index is 0.175. The third kappa shape index (κ3) is 5.26. The number of H-pyrrole nitrogens is 2. The van der Waals surface area contributed by atoms with Crippen LogP contribution in [0.5, 0.6) is 0 Å². The van der Waals surface area contributed by atoms with Crippen molar-refractivity contribution >= 4 is 21.8 Å². The van der Waals surface area contributed by atoms with Gasteiger partial charge in [-0.15, -0.1) is 0 Å².